The van der Waals surface area contributed by atoms with Gasteiger partial charge in [0.1, 0.15) is 0 Å². The van der Waals surface area contributed by atoms with Crippen molar-refractivity contribution in [3.05, 3.63) is 29.8 Å². The first-order valence-electron chi connectivity index (χ1n) is 8.24. The van der Waals surface area contributed by atoms with E-state index in [1.807, 2.05) is 52.2 Å². The molecule has 134 valence electrons. The summed E-state index contributed by atoms with van der Waals surface area (Å²) in [6.45, 7) is 4.94. The molecule has 5 nitrogen and oxygen atoms in total. The number of hydrogen-bond acceptors (Lipinski definition) is 4. The molecule has 0 radical (unpaired) electrons. The number of hydrogen-bond donors (Lipinski definition) is 1. The molecule has 6 heteroatoms. The van der Waals surface area contributed by atoms with Crippen molar-refractivity contribution < 1.29 is 9.59 Å². The van der Waals surface area contributed by atoms with Crippen LogP contribution in [0.4, 0.5) is 5.69 Å². The monoisotopic (exact) mass is 351 g/mol. The molecular formula is C18H29N3O2S. The second kappa shape index (κ2) is 10.4. The van der Waals surface area contributed by atoms with Crippen LogP contribution < -0.4 is 5.32 Å². The van der Waals surface area contributed by atoms with Gasteiger partial charge < -0.3 is 15.1 Å². The lowest BCUT2D eigenvalue weighted by molar-refractivity contribution is -0.132. The number of anilines is 1. The Morgan fingerprint density at radius 2 is 1.88 bits per heavy atom. The molecule has 0 fully saturated rings. The molecule has 1 atom stereocenters. The second-order valence-electron chi connectivity index (χ2n) is 6.07. The zero-order valence-electron chi connectivity index (χ0n) is 15.3. The van der Waals surface area contributed by atoms with Crippen LogP contribution in [0.2, 0.25) is 0 Å². The topological polar surface area (TPSA) is 52.7 Å². The number of nitrogens with zero attached hydrogens (tertiary/aromatic N) is 2. The summed E-state index contributed by atoms with van der Waals surface area (Å²) in [6.07, 6.45) is 0.852. The maximum Gasteiger partial charge on any atom is 0.243 e. The summed E-state index contributed by atoms with van der Waals surface area (Å²) >= 11 is 1.61. The summed E-state index contributed by atoms with van der Waals surface area (Å²) in [5, 5.41) is 2.75. The summed E-state index contributed by atoms with van der Waals surface area (Å²) in [7, 11) is 5.70. The fourth-order valence-electron chi connectivity index (χ4n) is 2.23. The molecule has 1 aromatic rings. The lowest BCUT2D eigenvalue weighted by atomic mass is 10.1. The van der Waals surface area contributed by atoms with Gasteiger partial charge in [0.2, 0.25) is 11.8 Å². The molecule has 0 spiro atoms. The fourth-order valence-corrected chi connectivity index (χ4v) is 3.37. The van der Waals surface area contributed by atoms with E-state index in [9.17, 15) is 9.59 Å². The SMILES string of the molecule is CCc1ccccc1NC(=O)CN(C)C(=O)C(C)SCCN(C)C. The maximum absolute atomic E-state index is 12.3. The van der Waals surface area contributed by atoms with Crippen LogP contribution in [0.15, 0.2) is 24.3 Å². The van der Waals surface area contributed by atoms with Crippen molar-refractivity contribution in [1.29, 1.82) is 0 Å². The smallest absolute Gasteiger partial charge is 0.243 e. The molecule has 0 heterocycles. The van der Waals surface area contributed by atoms with Crippen molar-refractivity contribution in [2.24, 2.45) is 0 Å². The van der Waals surface area contributed by atoms with E-state index < -0.39 is 0 Å². The van der Waals surface area contributed by atoms with Crippen LogP contribution in [0, 0.1) is 0 Å². The number of aryl methyl sites for hydroxylation is 1. The third-order valence-electron chi connectivity index (χ3n) is 3.68. The molecule has 0 aliphatic rings. The molecule has 1 aromatic carbocycles. The van der Waals surface area contributed by atoms with Gasteiger partial charge in [-0.05, 0) is 39.1 Å². The van der Waals surface area contributed by atoms with E-state index >= 15 is 0 Å². The minimum atomic E-state index is -0.169. The molecule has 0 aromatic heterocycles. The van der Waals surface area contributed by atoms with Crippen LogP contribution in [0.1, 0.15) is 19.4 Å². The quantitative estimate of drug-likeness (QED) is 0.742. The number of rotatable bonds is 9. The molecule has 1 unspecified atom stereocenters. The first-order valence-corrected chi connectivity index (χ1v) is 9.29. The lowest BCUT2D eigenvalue weighted by Crippen LogP contribution is -2.39. The van der Waals surface area contributed by atoms with Gasteiger partial charge in [-0.1, -0.05) is 25.1 Å². The van der Waals surface area contributed by atoms with E-state index in [-0.39, 0.29) is 23.6 Å². The molecule has 1 rings (SSSR count). The van der Waals surface area contributed by atoms with Gasteiger partial charge in [0.05, 0.1) is 11.8 Å². The van der Waals surface area contributed by atoms with Crippen molar-refractivity contribution in [3.63, 3.8) is 0 Å². The Bertz CT molecular complexity index is 549. The van der Waals surface area contributed by atoms with E-state index in [1.165, 1.54) is 4.90 Å². The van der Waals surface area contributed by atoms with Crippen molar-refractivity contribution >= 4 is 29.3 Å². The second-order valence-corrected chi connectivity index (χ2v) is 7.52. The van der Waals surface area contributed by atoms with Crippen molar-refractivity contribution in [2.75, 3.05) is 45.3 Å². The van der Waals surface area contributed by atoms with Crippen LogP contribution in [-0.2, 0) is 16.0 Å². The van der Waals surface area contributed by atoms with Gasteiger partial charge in [-0.2, -0.15) is 0 Å². The number of carbonyl (C=O) groups is 2. The highest BCUT2D eigenvalue weighted by atomic mass is 32.2. The Balaban J connectivity index is 2.49. The maximum atomic E-state index is 12.3. The number of amides is 2. The minimum absolute atomic E-state index is 0.0160. The zero-order valence-corrected chi connectivity index (χ0v) is 16.2. The summed E-state index contributed by atoms with van der Waals surface area (Å²) in [4.78, 5) is 28.1. The molecule has 0 aliphatic carbocycles. The molecule has 0 saturated carbocycles. The highest BCUT2D eigenvalue weighted by Crippen LogP contribution is 2.16. The van der Waals surface area contributed by atoms with Crippen molar-refractivity contribution in [3.8, 4) is 0 Å². The molecule has 0 bridgehead atoms. The largest absolute Gasteiger partial charge is 0.335 e. The van der Waals surface area contributed by atoms with Crippen molar-refractivity contribution in [2.45, 2.75) is 25.5 Å². The molecule has 2 amide bonds. The summed E-state index contributed by atoms with van der Waals surface area (Å²) in [6, 6.07) is 7.73. The number of benzene rings is 1. The Morgan fingerprint density at radius 1 is 1.21 bits per heavy atom. The van der Waals surface area contributed by atoms with Crippen LogP contribution in [0.5, 0.6) is 0 Å². The summed E-state index contributed by atoms with van der Waals surface area (Å²) in [5.74, 6) is 0.707. The molecular weight excluding hydrogens is 322 g/mol. The van der Waals surface area contributed by atoms with E-state index in [4.69, 9.17) is 0 Å². The van der Waals surface area contributed by atoms with Gasteiger partial charge in [0.25, 0.3) is 0 Å². The molecule has 24 heavy (non-hydrogen) atoms. The number of thioether (sulfide) groups is 1. The van der Waals surface area contributed by atoms with E-state index in [1.54, 1.807) is 18.8 Å². The number of para-hydroxylation sites is 1. The first kappa shape index (κ1) is 20.5. The third kappa shape index (κ3) is 6.93. The highest BCUT2D eigenvalue weighted by Gasteiger charge is 2.20. The average Bonchev–Trinajstić information content (AvgIpc) is 2.53. The predicted octanol–water partition coefficient (Wildman–Crippen LogP) is 2.33. The average molecular weight is 352 g/mol. The standard InChI is InChI=1S/C18H29N3O2S/c1-6-15-9-7-8-10-16(15)19-17(22)13-21(5)18(23)14(2)24-12-11-20(3)4/h7-10,14H,6,11-13H2,1-5H3,(H,19,22). The van der Waals surface area contributed by atoms with E-state index in [0.29, 0.717) is 0 Å². The Hall–Kier alpha value is -1.53. The van der Waals surface area contributed by atoms with Gasteiger partial charge >= 0.3 is 0 Å². The van der Waals surface area contributed by atoms with Gasteiger partial charge in [-0.15, -0.1) is 11.8 Å². The lowest BCUT2D eigenvalue weighted by Gasteiger charge is -2.21. The van der Waals surface area contributed by atoms with Gasteiger partial charge in [0.15, 0.2) is 0 Å². The fraction of sp³-hybridized carbons (Fsp3) is 0.556. The van der Waals surface area contributed by atoms with E-state index in [0.717, 1.165) is 30.0 Å². The normalized spacial score (nSPS) is 12.1. The Morgan fingerprint density at radius 3 is 2.50 bits per heavy atom. The van der Waals surface area contributed by atoms with Crippen LogP contribution in [-0.4, -0.2) is 66.8 Å². The molecule has 1 N–H and O–H groups in total. The number of carbonyl (C=O) groups excluding carboxylic acids is 2. The Kier molecular flexibility index (Phi) is 8.85. The van der Waals surface area contributed by atoms with Gasteiger partial charge in [0, 0.05) is 25.0 Å². The Labute approximate surface area is 149 Å². The van der Waals surface area contributed by atoms with Gasteiger partial charge in [-0.3, -0.25) is 9.59 Å². The first-order chi connectivity index (χ1) is 11.3. The summed E-state index contributed by atoms with van der Waals surface area (Å²) < 4.78 is 0. The molecule has 0 aliphatic heterocycles. The van der Waals surface area contributed by atoms with Crippen LogP contribution >= 0.6 is 11.8 Å². The van der Waals surface area contributed by atoms with Crippen molar-refractivity contribution in [1.82, 2.24) is 9.80 Å². The van der Waals surface area contributed by atoms with E-state index in [2.05, 4.69) is 10.2 Å². The summed E-state index contributed by atoms with van der Waals surface area (Å²) in [5.41, 5.74) is 1.91. The van der Waals surface area contributed by atoms with Crippen LogP contribution in [0.3, 0.4) is 0 Å². The van der Waals surface area contributed by atoms with Gasteiger partial charge in [-0.25, -0.2) is 0 Å². The minimum Gasteiger partial charge on any atom is -0.335 e. The number of nitrogens with one attached hydrogen (secondary N) is 1. The highest BCUT2D eigenvalue weighted by molar-refractivity contribution is 8.00. The molecule has 0 saturated heterocycles. The predicted molar refractivity (Wildman–Crippen MR) is 103 cm³/mol. The zero-order chi connectivity index (χ0) is 18.1. The van der Waals surface area contributed by atoms with Crippen LogP contribution in [0.25, 0.3) is 0 Å². The third-order valence-corrected chi connectivity index (χ3v) is 4.80. The number of likely N-dealkylation sites (N-methyl/N-ethyl adjacent to an activating group) is 1.